The molecule has 1 N–H and O–H groups in total. The summed E-state index contributed by atoms with van der Waals surface area (Å²) < 4.78 is 40.2. The Morgan fingerprint density at radius 2 is 1.96 bits per heavy atom. The minimum absolute atomic E-state index is 0.00237. The number of hydrogen-bond donors (Lipinski definition) is 1. The molecule has 1 aliphatic rings. The zero-order chi connectivity index (χ0) is 18.9. The smallest absolute Gasteiger partial charge is 0.227 e. The molecule has 0 saturated heterocycles. The van der Waals surface area contributed by atoms with Gasteiger partial charge in [-0.2, -0.15) is 0 Å². The number of aromatic nitrogens is 1. The molecule has 8 heteroatoms. The molecule has 1 amide bonds. The molecule has 0 atom stereocenters. The quantitative estimate of drug-likeness (QED) is 0.867. The van der Waals surface area contributed by atoms with E-state index in [-0.39, 0.29) is 18.2 Å². The first kappa shape index (κ1) is 18.5. The Morgan fingerprint density at radius 1 is 1.19 bits per heavy atom. The van der Waals surface area contributed by atoms with Gasteiger partial charge in [0.15, 0.2) is 0 Å². The molecule has 138 valence electrons. The third-order valence-corrected chi connectivity index (χ3v) is 5.81. The van der Waals surface area contributed by atoms with Gasteiger partial charge in [-0.05, 0) is 48.2 Å². The van der Waals surface area contributed by atoms with Crippen LogP contribution in [0.3, 0.4) is 0 Å². The van der Waals surface area contributed by atoms with E-state index in [4.69, 9.17) is 0 Å². The van der Waals surface area contributed by atoms with E-state index in [0.717, 1.165) is 5.56 Å². The number of carbonyl (C=O) groups is 1. The van der Waals surface area contributed by atoms with Gasteiger partial charge in [-0.15, -0.1) is 0 Å². The van der Waals surface area contributed by atoms with Gasteiger partial charge in [-0.3, -0.25) is 9.78 Å². The number of fused-ring (bicyclic) bond motifs is 1. The maximum atomic E-state index is 14.6. The lowest BCUT2D eigenvalue weighted by atomic mass is 9.96. The number of benzene rings is 1. The number of amides is 1. The number of aryl methyl sites for hydroxylation is 1. The first-order valence-corrected chi connectivity index (χ1v) is 9.96. The summed E-state index contributed by atoms with van der Waals surface area (Å²) in [4.78, 5) is 17.3. The summed E-state index contributed by atoms with van der Waals surface area (Å²) in [7, 11) is -1.73. The molecule has 26 heavy (non-hydrogen) atoms. The largest absolute Gasteiger partial charge is 0.313 e. The molecule has 3 rings (SSSR count). The minimum atomic E-state index is -3.30. The van der Waals surface area contributed by atoms with E-state index in [0.29, 0.717) is 35.2 Å². The summed E-state index contributed by atoms with van der Waals surface area (Å²) in [6.07, 6.45) is 4.02. The van der Waals surface area contributed by atoms with Crippen LogP contribution in [0.4, 0.5) is 10.1 Å². The first-order chi connectivity index (χ1) is 12.3. The van der Waals surface area contributed by atoms with Crippen LogP contribution in [0, 0.1) is 5.82 Å². The molecular formula is C18H20FN3O3S. The number of halogens is 1. The summed E-state index contributed by atoms with van der Waals surface area (Å²) in [6, 6.07) is 5.02. The Labute approximate surface area is 152 Å². The fourth-order valence-corrected chi connectivity index (χ4v) is 3.55. The van der Waals surface area contributed by atoms with Crippen molar-refractivity contribution in [1.82, 2.24) is 9.71 Å². The van der Waals surface area contributed by atoms with Gasteiger partial charge in [0.1, 0.15) is 5.82 Å². The van der Waals surface area contributed by atoms with Gasteiger partial charge in [-0.1, -0.05) is 0 Å². The molecule has 0 radical (unpaired) electrons. The molecule has 0 aliphatic carbocycles. The van der Waals surface area contributed by atoms with E-state index in [1.165, 1.54) is 11.0 Å². The molecule has 0 fully saturated rings. The summed E-state index contributed by atoms with van der Waals surface area (Å²) in [5, 5.41) is 0. The van der Waals surface area contributed by atoms with Crippen LogP contribution in [0.25, 0.3) is 11.1 Å². The monoisotopic (exact) mass is 377 g/mol. The molecule has 0 spiro atoms. The zero-order valence-electron chi connectivity index (χ0n) is 14.6. The zero-order valence-corrected chi connectivity index (χ0v) is 15.4. The van der Waals surface area contributed by atoms with Crippen LogP contribution in [-0.2, 0) is 27.8 Å². The highest BCUT2D eigenvalue weighted by Crippen LogP contribution is 2.34. The lowest BCUT2D eigenvalue weighted by molar-refractivity contribution is -0.118. The third-order valence-electron chi connectivity index (χ3n) is 4.46. The molecule has 6 nitrogen and oxygen atoms in total. The Balaban J connectivity index is 1.92. The molecular weight excluding hydrogens is 357 g/mol. The Kier molecular flexibility index (Phi) is 5.06. The third kappa shape index (κ3) is 3.76. The first-order valence-electron chi connectivity index (χ1n) is 8.31. The second-order valence-corrected chi connectivity index (χ2v) is 8.32. The Bertz CT molecular complexity index is 960. The van der Waals surface area contributed by atoms with Crippen molar-refractivity contribution in [1.29, 1.82) is 0 Å². The molecule has 0 saturated carbocycles. The summed E-state index contributed by atoms with van der Waals surface area (Å²) in [6.45, 7) is 1.69. The van der Waals surface area contributed by atoms with Gasteiger partial charge < -0.3 is 4.90 Å². The topological polar surface area (TPSA) is 79.4 Å². The van der Waals surface area contributed by atoms with Crippen molar-refractivity contribution < 1.29 is 17.6 Å². The summed E-state index contributed by atoms with van der Waals surface area (Å²) >= 11 is 0. The highest BCUT2D eigenvalue weighted by Gasteiger charge is 2.25. The molecule has 0 unspecified atom stereocenters. The second kappa shape index (κ2) is 7.13. The van der Waals surface area contributed by atoms with Crippen molar-refractivity contribution in [2.45, 2.75) is 26.3 Å². The summed E-state index contributed by atoms with van der Waals surface area (Å²) in [5.74, 6) is -0.552. The average Bonchev–Trinajstić information content (AvgIpc) is 2.63. The maximum Gasteiger partial charge on any atom is 0.227 e. The number of hydrogen-bond acceptors (Lipinski definition) is 4. The second-order valence-electron chi connectivity index (χ2n) is 6.22. The van der Waals surface area contributed by atoms with Gasteiger partial charge in [0.05, 0.1) is 11.4 Å². The van der Waals surface area contributed by atoms with Crippen molar-refractivity contribution in [2.75, 3.05) is 17.7 Å². The Hall–Kier alpha value is -2.32. The van der Waals surface area contributed by atoms with Crippen LogP contribution >= 0.6 is 0 Å². The van der Waals surface area contributed by atoms with E-state index < -0.39 is 15.8 Å². The molecule has 1 aliphatic heterocycles. The molecule has 2 aromatic rings. The molecule has 1 aromatic carbocycles. The number of sulfonamides is 1. The number of pyridine rings is 1. The van der Waals surface area contributed by atoms with Crippen molar-refractivity contribution >= 4 is 21.6 Å². The van der Waals surface area contributed by atoms with Crippen LogP contribution in [0.15, 0.2) is 30.6 Å². The highest BCUT2D eigenvalue weighted by atomic mass is 32.2. The van der Waals surface area contributed by atoms with Gasteiger partial charge >= 0.3 is 0 Å². The van der Waals surface area contributed by atoms with Gasteiger partial charge in [0.25, 0.3) is 0 Å². The predicted octanol–water partition coefficient (Wildman–Crippen LogP) is 2.24. The highest BCUT2D eigenvalue weighted by molar-refractivity contribution is 7.89. The van der Waals surface area contributed by atoms with E-state index in [2.05, 4.69) is 9.71 Å². The normalized spacial score (nSPS) is 14.4. The SMILES string of the molecule is CCS(=O)(=O)NCc1cncc(-c2cc(F)c3c(c2)CCC(=O)N3C)c1. The number of carbonyl (C=O) groups excluding carboxylic acids is 1. The van der Waals surface area contributed by atoms with Gasteiger partial charge in [-0.25, -0.2) is 17.5 Å². The number of nitrogens with zero attached hydrogens (tertiary/aromatic N) is 2. The molecule has 0 bridgehead atoms. The van der Waals surface area contributed by atoms with E-state index >= 15 is 0 Å². The van der Waals surface area contributed by atoms with Crippen molar-refractivity contribution in [3.05, 3.63) is 47.5 Å². The van der Waals surface area contributed by atoms with E-state index in [1.54, 1.807) is 32.4 Å². The van der Waals surface area contributed by atoms with Crippen LogP contribution in [0.5, 0.6) is 0 Å². The van der Waals surface area contributed by atoms with Gasteiger partial charge in [0, 0.05) is 38.0 Å². The lowest BCUT2D eigenvalue weighted by Crippen LogP contribution is -2.32. The van der Waals surface area contributed by atoms with Crippen LogP contribution < -0.4 is 9.62 Å². The summed E-state index contributed by atoms with van der Waals surface area (Å²) in [5.41, 5.74) is 3.13. The van der Waals surface area contributed by atoms with Crippen LogP contribution in [-0.4, -0.2) is 32.1 Å². The van der Waals surface area contributed by atoms with E-state index in [9.17, 15) is 17.6 Å². The molecule has 2 heterocycles. The number of nitrogens with one attached hydrogen (secondary N) is 1. The molecule has 1 aromatic heterocycles. The van der Waals surface area contributed by atoms with Crippen LogP contribution in [0.1, 0.15) is 24.5 Å². The average molecular weight is 377 g/mol. The maximum absolute atomic E-state index is 14.6. The fraction of sp³-hybridized carbons (Fsp3) is 0.333. The van der Waals surface area contributed by atoms with Gasteiger partial charge in [0.2, 0.25) is 15.9 Å². The number of rotatable bonds is 5. The minimum Gasteiger partial charge on any atom is -0.313 e. The number of anilines is 1. The predicted molar refractivity (Wildman–Crippen MR) is 97.7 cm³/mol. The van der Waals surface area contributed by atoms with Crippen molar-refractivity contribution in [3.63, 3.8) is 0 Å². The fourth-order valence-electron chi connectivity index (χ4n) is 2.96. The standard InChI is InChI=1S/C18H20FN3O3S/c1-3-26(24,25)21-10-12-6-15(11-20-9-12)14-7-13-4-5-17(23)22(2)18(13)16(19)8-14/h6-9,11,21H,3-5,10H2,1-2H3. The Morgan fingerprint density at radius 3 is 2.69 bits per heavy atom. The van der Waals surface area contributed by atoms with E-state index in [1.807, 2.05) is 6.07 Å². The van der Waals surface area contributed by atoms with Crippen molar-refractivity contribution in [2.24, 2.45) is 0 Å². The van der Waals surface area contributed by atoms with Crippen molar-refractivity contribution in [3.8, 4) is 11.1 Å². The van der Waals surface area contributed by atoms with Crippen LogP contribution in [0.2, 0.25) is 0 Å². The lowest BCUT2D eigenvalue weighted by Gasteiger charge is -2.26.